The molecule has 7 nitrogen and oxygen atoms in total. The van der Waals surface area contributed by atoms with Gasteiger partial charge in [-0.3, -0.25) is 9.69 Å². The summed E-state index contributed by atoms with van der Waals surface area (Å²) in [6, 6.07) is 4.71. The van der Waals surface area contributed by atoms with Crippen molar-refractivity contribution < 1.29 is 23.5 Å². The average molecular weight is 454 g/mol. The van der Waals surface area contributed by atoms with Crippen molar-refractivity contribution in [3.8, 4) is 0 Å². The first kappa shape index (κ1) is 21.0. The third-order valence-electron chi connectivity index (χ3n) is 4.97. The number of nitrogens with zero attached hydrogens (tertiary/aromatic N) is 2. The van der Waals surface area contributed by atoms with Crippen LogP contribution in [0.1, 0.15) is 6.42 Å². The molecular formula is C20H21ClFN3O4S. The van der Waals surface area contributed by atoms with Crippen molar-refractivity contribution in [1.29, 1.82) is 0 Å². The smallest absolute Gasteiger partial charge is 0.414 e. The number of benzene rings is 1. The molecule has 0 spiro atoms. The quantitative estimate of drug-likeness (QED) is 0.738. The molecule has 3 aliphatic heterocycles. The first-order valence-corrected chi connectivity index (χ1v) is 10.8. The van der Waals surface area contributed by atoms with Crippen LogP contribution in [0.25, 0.3) is 0 Å². The Morgan fingerprint density at radius 3 is 2.83 bits per heavy atom. The summed E-state index contributed by atoms with van der Waals surface area (Å²) in [6.07, 6.45) is 3.13. The molecule has 4 rings (SSSR count). The summed E-state index contributed by atoms with van der Waals surface area (Å²) in [6.45, 7) is 2.76. The zero-order valence-corrected chi connectivity index (χ0v) is 17.7. The van der Waals surface area contributed by atoms with E-state index in [4.69, 9.17) is 21.1 Å². The zero-order valence-electron chi connectivity index (χ0n) is 16.1. The molecule has 10 heteroatoms. The van der Waals surface area contributed by atoms with E-state index >= 15 is 0 Å². The molecule has 2 saturated heterocycles. The van der Waals surface area contributed by atoms with Crippen LogP contribution in [0.5, 0.6) is 0 Å². The number of ether oxygens (including phenoxy) is 2. The normalized spacial score (nSPS) is 21.8. The Kier molecular flexibility index (Phi) is 6.50. The number of allylic oxidation sites excluding steroid dienone is 2. The summed E-state index contributed by atoms with van der Waals surface area (Å²) in [7, 11) is 0. The molecule has 1 atom stereocenters. The van der Waals surface area contributed by atoms with Gasteiger partial charge in [0, 0.05) is 13.1 Å². The summed E-state index contributed by atoms with van der Waals surface area (Å²) in [5.74, 6) is -0.660. The van der Waals surface area contributed by atoms with Gasteiger partial charge in [0.15, 0.2) is 0 Å². The van der Waals surface area contributed by atoms with Crippen LogP contribution in [0, 0.1) is 5.82 Å². The standard InChI is InChI=1S/C20H21ClFN3O4S/c21-18-3-1-2-17(30-18)19(26)23-11-14-12-25(20(27)29-14)13-4-5-16(15(22)10-13)24-6-8-28-9-7-24/h2-5,10,14H,1,6-9,11-12H2,(H,23,26)/t14-/m0/s1. The highest BCUT2D eigenvalue weighted by molar-refractivity contribution is 8.09. The molecule has 0 saturated carbocycles. The molecule has 2 amide bonds. The van der Waals surface area contributed by atoms with E-state index in [0.717, 1.165) is 0 Å². The van der Waals surface area contributed by atoms with Crippen molar-refractivity contribution in [3.05, 3.63) is 45.4 Å². The van der Waals surface area contributed by atoms with Crippen molar-refractivity contribution in [2.45, 2.75) is 12.5 Å². The molecule has 2 fully saturated rings. The molecule has 0 aromatic heterocycles. The van der Waals surface area contributed by atoms with E-state index in [1.165, 1.54) is 22.7 Å². The molecule has 1 aromatic carbocycles. The van der Waals surface area contributed by atoms with Gasteiger partial charge >= 0.3 is 6.09 Å². The maximum atomic E-state index is 14.7. The van der Waals surface area contributed by atoms with E-state index in [1.54, 1.807) is 18.2 Å². The Balaban J connectivity index is 1.35. The van der Waals surface area contributed by atoms with Crippen LogP contribution in [0.15, 0.2) is 39.6 Å². The number of thioether (sulfide) groups is 1. The number of rotatable bonds is 5. The van der Waals surface area contributed by atoms with Crippen LogP contribution >= 0.6 is 23.4 Å². The van der Waals surface area contributed by atoms with Gasteiger partial charge in [-0.15, -0.1) is 0 Å². The molecule has 0 radical (unpaired) electrons. The van der Waals surface area contributed by atoms with Crippen molar-refractivity contribution in [1.82, 2.24) is 5.32 Å². The minimum Gasteiger partial charge on any atom is -0.442 e. The Morgan fingerprint density at radius 2 is 2.10 bits per heavy atom. The van der Waals surface area contributed by atoms with Gasteiger partial charge in [0.2, 0.25) is 0 Å². The van der Waals surface area contributed by atoms with Gasteiger partial charge in [0.05, 0.1) is 46.9 Å². The van der Waals surface area contributed by atoms with Gasteiger partial charge in [0.1, 0.15) is 11.9 Å². The number of carbonyl (C=O) groups excluding carboxylic acids is 2. The third-order valence-corrected chi connectivity index (χ3v) is 6.29. The van der Waals surface area contributed by atoms with Crippen LogP contribution in [0.2, 0.25) is 0 Å². The fourth-order valence-electron chi connectivity index (χ4n) is 3.44. The number of morpholine rings is 1. The molecular weight excluding hydrogens is 433 g/mol. The first-order valence-electron chi connectivity index (χ1n) is 9.63. The second-order valence-electron chi connectivity index (χ2n) is 6.98. The largest absolute Gasteiger partial charge is 0.442 e. The summed E-state index contributed by atoms with van der Waals surface area (Å²) in [5.41, 5.74) is 0.912. The topological polar surface area (TPSA) is 71.1 Å². The monoisotopic (exact) mass is 453 g/mol. The first-order chi connectivity index (χ1) is 14.5. The number of halogens is 2. The predicted molar refractivity (Wildman–Crippen MR) is 114 cm³/mol. The molecule has 0 unspecified atom stereocenters. The van der Waals surface area contributed by atoms with E-state index in [1.807, 2.05) is 11.0 Å². The number of hydrogen-bond acceptors (Lipinski definition) is 6. The molecule has 1 N–H and O–H groups in total. The predicted octanol–water partition coefficient (Wildman–Crippen LogP) is 3.20. The lowest BCUT2D eigenvalue weighted by Crippen LogP contribution is -2.37. The third kappa shape index (κ3) is 4.74. The van der Waals surface area contributed by atoms with Crippen LogP contribution < -0.4 is 15.1 Å². The lowest BCUT2D eigenvalue weighted by molar-refractivity contribution is -0.117. The van der Waals surface area contributed by atoms with Gasteiger partial charge in [-0.05, 0) is 24.6 Å². The summed E-state index contributed by atoms with van der Waals surface area (Å²) >= 11 is 7.14. The average Bonchev–Trinajstić information content (AvgIpc) is 3.13. The minimum atomic E-state index is -0.565. The number of nitrogens with one attached hydrogen (secondary N) is 1. The van der Waals surface area contributed by atoms with Gasteiger partial charge in [0.25, 0.3) is 5.91 Å². The highest BCUT2D eigenvalue weighted by Gasteiger charge is 2.33. The molecule has 3 heterocycles. The Hall–Kier alpha value is -2.23. The highest BCUT2D eigenvalue weighted by Crippen LogP contribution is 2.33. The van der Waals surface area contributed by atoms with E-state index in [9.17, 15) is 14.0 Å². The fraction of sp³-hybridized carbons (Fsp3) is 0.400. The molecule has 0 aliphatic carbocycles. The van der Waals surface area contributed by atoms with E-state index in [2.05, 4.69) is 5.32 Å². The number of amides is 2. The summed E-state index contributed by atoms with van der Waals surface area (Å²) in [4.78, 5) is 28.3. The number of anilines is 2. The Labute approximate surface area is 182 Å². The minimum absolute atomic E-state index is 0.161. The summed E-state index contributed by atoms with van der Waals surface area (Å²) < 4.78 is 25.9. The Bertz CT molecular complexity index is 904. The molecule has 1 aromatic rings. The van der Waals surface area contributed by atoms with Gasteiger partial charge in [-0.1, -0.05) is 35.5 Å². The maximum absolute atomic E-state index is 14.7. The maximum Gasteiger partial charge on any atom is 0.414 e. The van der Waals surface area contributed by atoms with Crippen molar-refractivity contribution in [2.24, 2.45) is 0 Å². The van der Waals surface area contributed by atoms with Crippen LogP contribution in [0.4, 0.5) is 20.6 Å². The lowest BCUT2D eigenvalue weighted by Gasteiger charge is -2.29. The SMILES string of the molecule is O=C(NC[C@H]1CN(c2ccc(N3CCOCC3)c(F)c2)C(=O)O1)C1=CCC=C(Cl)S1. The van der Waals surface area contributed by atoms with Crippen molar-refractivity contribution >= 4 is 46.7 Å². The van der Waals surface area contributed by atoms with Crippen molar-refractivity contribution in [3.63, 3.8) is 0 Å². The number of cyclic esters (lactones) is 1. The van der Waals surface area contributed by atoms with E-state index in [0.29, 0.717) is 53.4 Å². The zero-order chi connectivity index (χ0) is 21.1. The Morgan fingerprint density at radius 1 is 1.30 bits per heavy atom. The van der Waals surface area contributed by atoms with Gasteiger partial charge in [-0.25, -0.2) is 9.18 Å². The fourth-order valence-corrected chi connectivity index (χ4v) is 4.52. The molecule has 3 aliphatic rings. The second-order valence-corrected chi connectivity index (χ2v) is 8.69. The molecule has 0 bridgehead atoms. The van der Waals surface area contributed by atoms with Crippen LogP contribution in [0.3, 0.4) is 0 Å². The highest BCUT2D eigenvalue weighted by atomic mass is 35.5. The number of hydrogen-bond donors (Lipinski definition) is 1. The van der Waals surface area contributed by atoms with E-state index < -0.39 is 18.0 Å². The lowest BCUT2D eigenvalue weighted by atomic mass is 10.2. The molecule has 30 heavy (non-hydrogen) atoms. The van der Waals surface area contributed by atoms with Gasteiger partial charge < -0.3 is 19.7 Å². The second kappa shape index (κ2) is 9.28. The molecule has 160 valence electrons. The summed E-state index contributed by atoms with van der Waals surface area (Å²) in [5, 5.41) is 2.76. The van der Waals surface area contributed by atoms with E-state index in [-0.39, 0.29) is 19.0 Å². The van der Waals surface area contributed by atoms with Gasteiger partial charge in [-0.2, -0.15) is 0 Å². The number of carbonyl (C=O) groups is 2. The van der Waals surface area contributed by atoms with Crippen LogP contribution in [-0.4, -0.2) is 57.5 Å². The van der Waals surface area contributed by atoms with Crippen LogP contribution in [-0.2, 0) is 14.3 Å². The van der Waals surface area contributed by atoms with Crippen molar-refractivity contribution in [2.75, 3.05) is 49.2 Å².